The van der Waals surface area contributed by atoms with Gasteiger partial charge in [-0.3, -0.25) is 0 Å². The summed E-state index contributed by atoms with van der Waals surface area (Å²) in [5.41, 5.74) is 0.820. The highest BCUT2D eigenvalue weighted by atomic mass is 80.0. The minimum Gasteiger partial charge on any atom is -0.504 e. The first-order chi connectivity index (χ1) is 7.00. The van der Waals surface area contributed by atoms with Gasteiger partial charge in [0.1, 0.15) is 0 Å². The number of rotatable bonds is 0. The fourth-order valence-corrected chi connectivity index (χ4v) is 1.08. The number of hydrogen-bond donors (Lipinski definition) is 4. The number of phenolic OH excluding ortho intramolecular Hbond substituents is 2. The number of aromatic nitrogens is 1. The number of aromatic hydroxyl groups is 2. The van der Waals surface area contributed by atoms with E-state index >= 15 is 0 Å². The maximum atomic E-state index is 9.07. The van der Waals surface area contributed by atoms with Crippen molar-refractivity contribution in [2.24, 2.45) is 0 Å². The molecule has 82 valence electrons. The van der Waals surface area contributed by atoms with E-state index in [0.717, 1.165) is 10.9 Å². The van der Waals surface area contributed by atoms with E-state index in [2.05, 4.69) is 4.98 Å². The van der Waals surface area contributed by atoms with Gasteiger partial charge >= 0.3 is 14.8 Å². The molecule has 0 atom stereocenters. The fourth-order valence-electron chi connectivity index (χ4n) is 1.08. The molecular formula is C8H8BrNO5. The molecule has 4 N–H and O–H groups in total. The van der Waals surface area contributed by atoms with E-state index in [1.807, 2.05) is 6.07 Å². The Balaban J connectivity index is 0.000000245. The predicted molar refractivity (Wildman–Crippen MR) is 43.8 cm³/mol. The van der Waals surface area contributed by atoms with Gasteiger partial charge in [0.25, 0.3) is 0 Å². The Labute approximate surface area is 89.9 Å². The number of benzene rings is 1. The van der Waals surface area contributed by atoms with Crippen molar-refractivity contribution in [3.05, 3.63) is 24.4 Å². The maximum absolute atomic E-state index is 9.07. The van der Waals surface area contributed by atoms with Gasteiger partial charge in [-0.05, 0) is 16.3 Å². The highest BCUT2D eigenvalue weighted by molar-refractivity contribution is 5.82. The van der Waals surface area contributed by atoms with Crippen LogP contribution in [-0.2, 0) is 0 Å². The van der Waals surface area contributed by atoms with Crippen LogP contribution in [0.25, 0.3) is 10.9 Å². The normalized spacial score (nSPS) is 10.1. The average Bonchev–Trinajstić information content (AvgIpc) is 2.51. The van der Waals surface area contributed by atoms with Crippen LogP contribution in [0.4, 0.5) is 0 Å². The molecule has 0 unspecified atom stereocenters. The molecule has 1 aromatic heterocycles. The van der Waals surface area contributed by atoms with Crippen LogP contribution in [-0.4, -0.2) is 19.4 Å². The molecule has 1 aromatic carbocycles. The zero-order valence-corrected chi connectivity index (χ0v) is 8.93. The smallest absolute Gasteiger partial charge is 0.433 e. The molecule has 15 heavy (non-hydrogen) atoms. The lowest BCUT2D eigenvalue weighted by molar-refractivity contribution is -1.63. The molecule has 0 spiro atoms. The summed E-state index contributed by atoms with van der Waals surface area (Å²) in [6, 6.07) is 4.83. The van der Waals surface area contributed by atoms with Crippen molar-refractivity contribution in [2.75, 3.05) is 0 Å². The minimum absolute atomic E-state index is 0.0860. The van der Waals surface area contributed by atoms with Gasteiger partial charge in [-0.2, -0.15) is 0 Å². The van der Waals surface area contributed by atoms with E-state index in [-0.39, 0.29) is 11.5 Å². The van der Waals surface area contributed by atoms with Crippen molar-refractivity contribution in [3.63, 3.8) is 0 Å². The Kier molecular flexibility index (Phi) is 3.92. The molecule has 2 aromatic rings. The van der Waals surface area contributed by atoms with Crippen LogP contribution in [0.3, 0.4) is 0 Å². The van der Waals surface area contributed by atoms with E-state index in [1.54, 1.807) is 6.20 Å². The second-order valence-corrected chi connectivity index (χ2v) is 3.45. The molecule has 0 amide bonds. The summed E-state index contributed by atoms with van der Waals surface area (Å²) in [7, 11) is 0. The number of hydrogen-bond acceptors (Lipinski definition) is 5. The SMILES string of the molecule is Oc1cc2cc[nH]c2cc1O.[O-][Br+2]([O-])O. The zero-order chi connectivity index (χ0) is 11.4. The van der Waals surface area contributed by atoms with Gasteiger partial charge in [-0.25, -0.2) is 0 Å². The molecule has 6 nitrogen and oxygen atoms in total. The van der Waals surface area contributed by atoms with Crippen molar-refractivity contribution < 1.29 is 37.6 Å². The summed E-state index contributed by atoms with van der Waals surface area (Å²) in [5.74, 6) is -0.183. The molecule has 0 saturated heterocycles. The lowest BCUT2D eigenvalue weighted by atomic mass is 10.2. The number of fused-ring (bicyclic) bond motifs is 1. The van der Waals surface area contributed by atoms with Crippen molar-refractivity contribution >= 4 is 10.9 Å². The van der Waals surface area contributed by atoms with Gasteiger partial charge in [0, 0.05) is 23.2 Å². The summed E-state index contributed by atoms with van der Waals surface area (Å²) in [6.45, 7) is 0. The molecule has 0 saturated carbocycles. The zero-order valence-electron chi connectivity index (χ0n) is 7.35. The van der Waals surface area contributed by atoms with E-state index in [1.165, 1.54) is 12.1 Å². The standard InChI is InChI=1S/C8H7NO2.BrHO3/c10-7-3-5-1-2-9-6(5)4-8(7)11;2-1(3)4/h1-4,9-11H;2H. The molecule has 0 radical (unpaired) electrons. The lowest BCUT2D eigenvalue weighted by Crippen LogP contribution is -2.30. The Morgan fingerprint density at radius 1 is 1.13 bits per heavy atom. The summed E-state index contributed by atoms with van der Waals surface area (Å²) in [5, 5.41) is 19.0. The molecule has 0 fully saturated rings. The van der Waals surface area contributed by atoms with Gasteiger partial charge < -0.3 is 23.6 Å². The first kappa shape index (κ1) is 11.8. The minimum atomic E-state index is -3.40. The number of phenols is 2. The van der Waals surface area contributed by atoms with Crippen LogP contribution >= 0.6 is 0 Å². The highest BCUT2D eigenvalue weighted by Gasteiger charge is 2.01. The molecule has 1 heterocycles. The molecule has 0 aliphatic rings. The molecular weight excluding hydrogens is 270 g/mol. The third-order valence-corrected chi connectivity index (χ3v) is 1.65. The topological polar surface area (TPSA) is 123 Å². The predicted octanol–water partition coefficient (Wildman–Crippen LogP) is -1.36. The number of aromatic amines is 1. The van der Waals surface area contributed by atoms with Crippen molar-refractivity contribution in [1.29, 1.82) is 0 Å². The van der Waals surface area contributed by atoms with Crippen molar-refractivity contribution in [1.82, 2.24) is 4.98 Å². The number of H-pyrrole nitrogens is 1. The highest BCUT2D eigenvalue weighted by Crippen LogP contribution is 2.28. The Morgan fingerprint density at radius 2 is 1.67 bits per heavy atom. The molecule has 0 aliphatic heterocycles. The summed E-state index contributed by atoms with van der Waals surface area (Å²) in [4.78, 5) is 2.92. The van der Waals surface area contributed by atoms with Crippen LogP contribution in [0.5, 0.6) is 11.5 Å². The quantitative estimate of drug-likeness (QED) is 0.443. The number of nitrogens with one attached hydrogen (secondary N) is 1. The van der Waals surface area contributed by atoms with Crippen LogP contribution in [0.2, 0.25) is 0 Å². The summed E-state index contributed by atoms with van der Waals surface area (Å²) in [6.07, 6.45) is 1.75. The second kappa shape index (κ2) is 4.99. The van der Waals surface area contributed by atoms with Gasteiger partial charge in [0.15, 0.2) is 11.5 Å². The van der Waals surface area contributed by atoms with Crippen LogP contribution in [0.1, 0.15) is 0 Å². The van der Waals surface area contributed by atoms with Gasteiger partial charge in [0.2, 0.25) is 0 Å². The van der Waals surface area contributed by atoms with Crippen molar-refractivity contribution in [3.8, 4) is 11.5 Å². The molecule has 0 bridgehead atoms. The van der Waals surface area contributed by atoms with Gasteiger partial charge in [-0.1, -0.05) is 0 Å². The largest absolute Gasteiger partial charge is 0.504 e. The summed E-state index contributed by atoms with van der Waals surface area (Å²) < 4.78 is 24.3. The summed E-state index contributed by atoms with van der Waals surface area (Å²) >= 11 is -3.40. The molecule has 7 heteroatoms. The average molecular weight is 278 g/mol. The van der Waals surface area contributed by atoms with E-state index < -0.39 is 14.8 Å². The monoisotopic (exact) mass is 277 g/mol. The fraction of sp³-hybridized carbons (Fsp3) is 0. The Hall–Kier alpha value is -1.28. The van der Waals surface area contributed by atoms with Crippen LogP contribution in [0, 0.1) is 14.8 Å². The first-order valence-corrected chi connectivity index (χ1v) is 5.74. The maximum Gasteiger partial charge on any atom is 0.433 e. The first-order valence-electron chi connectivity index (χ1n) is 3.74. The number of halogens is 1. The third kappa shape index (κ3) is 3.40. The third-order valence-electron chi connectivity index (χ3n) is 1.65. The van der Waals surface area contributed by atoms with Gasteiger partial charge in [-0.15, -0.1) is 0 Å². The van der Waals surface area contributed by atoms with E-state index in [4.69, 9.17) is 22.8 Å². The van der Waals surface area contributed by atoms with Gasteiger partial charge in [0.05, 0.1) is 0 Å². The molecule has 2 rings (SSSR count). The van der Waals surface area contributed by atoms with E-state index in [0.29, 0.717) is 0 Å². The van der Waals surface area contributed by atoms with Crippen LogP contribution < -0.4 is 8.40 Å². The second-order valence-electron chi connectivity index (χ2n) is 2.61. The van der Waals surface area contributed by atoms with Crippen molar-refractivity contribution in [2.45, 2.75) is 0 Å². The Morgan fingerprint density at radius 3 is 2.27 bits per heavy atom. The molecule has 0 aliphatic carbocycles. The Bertz CT molecular complexity index is 403. The van der Waals surface area contributed by atoms with Crippen LogP contribution in [0.15, 0.2) is 24.4 Å². The lowest BCUT2D eigenvalue weighted by Gasteiger charge is -1.95. The van der Waals surface area contributed by atoms with E-state index in [9.17, 15) is 0 Å².